The molecule has 1 saturated heterocycles. The highest BCUT2D eigenvalue weighted by molar-refractivity contribution is 5.90. The molecule has 1 fully saturated rings. The van der Waals surface area contributed by atoms with Crippen LogP contribution in [0.25, 0.3) is 0 Å². The number of fused-ring (bicyclic) bond motifs is 1. The van der Waals surface area contributed by atoms with Crippen molar-refractivity contribution in [3.8, 4) is 0 Å². The number of nitrogens with zero attached hydrogens (tertiary/aromatic N) is 2. The molecule has 4 rings (SSSR count). The van der Waals surface area contributed by atoms with Crippen LogP contribution in [0.1, 0.15) is 48.9 Å². The Morgan fingerprint density at radius 3 is 2.68 bits per heavy atom. The average molecular weight is 469 g/mol. The predicted molar refractivity (Wildman–Crippen MR) is 126 cm³/mol. The first-order valence-corrected chi connectivity index (χ1v) is 11.7. The van der Waals surface area contributed by atoms with Gasteiger partial charge >= 0.3 is 0 Å². The maximum Gasteiger partial charge on any atom is 0.243 e. The zero-order valence-electron chi connectivity index (χ0n) is 19.5. The predicted octanol–water partition coefficient (Wildman–Crippen LogP) is 3.11. The van der Waals surface area contributed by atoms with E-state index < -0.39 is 17.7 Å². The molecule has 0 aromatic heterocycles. The molecule has 8 heteroatoms. The summed E-state index contributed by atoms with van der Waals surface area (Å²) in [6.07, 6.45) is 3.51. The normalized spacial score (nSPS) is 18.2. The molecule has 2 atom stereocenters. The molecular weight excluding hydrogens is 438 g/mol. The van der Waals surface area contributed by atoms with Gasteiger partial charge in [-0.05, 0) is 73.7 Å². The molecule has 2 amide bonds. The molecule has 0 aliphatic carbocycles. The number of aliphatic imine (C=N–C) groups is 1. The Kier molecular flexibility index (Phi) is 7.36. The Morgan fingerprint density at radius 2 is 1.91 bits per heavy atom. The number of amides is 2. The lowest BCUT2D eigenvalue weighted by Gasteiger charge is -2.29. The number of carbonyl (C=O) groups excluding carboxylic acids is 2. The smallest absolute Gasteiger partial charge is 0.243 e. The molecule has 180 valence electrons. The molecule has 0 saturated carbocycles. The van der Waals surface area contributed by atoms with Crippen LogP contribution in [0.5, 0.6) is 0 Å². The van der Waals surface area contributed by atoms with E-state index in [0.29, 0.717) is 12.1 Å². The first kappa shape index (κ1) is 24.0. The SMILES string of the molecule is CC(C)N1CCC[C@@H]1C(=O)N[C@@H](Cc1ccc(F)c(F)c1)C(=O)NCc1ccc2c(c1)C=NC2. The zero-order valence-corrected chi connectivity index (χ0v) is 19.5. The maximum atomic E-state index is 13.8. The minimum atomic E-state index is -0.982. The first-order valence-electron chi connectivity index (χ1n) is 11.7. The van der Waals surface area contributed by atoms with Gasteiger partial charge in [-0.3, -0.25) is 19.5 Å². The Bertz CT molecular complexity index is 1100. The van der Waals surface area contributed by atoms with Crippen LogP contribution in [0.3, 0.4) is 0 Å². The van der Waals surface area contributed by atoms with Gasteiger partial charge in [0.1, 0.15) is 6.04 Å². The minimum absolute atomic E-state index is 0.0556. The van der Waals surface area contributed by atoms with E-state index in [-0.39, 0.29) is 36.9 Å². The van der Waals surface area contributed by atoms with Crippen molar-refractivity contribution >= 4 is 18.0 Å². The monoisotopic (exact) mass is 468 g/mol. The average Bonchev–Trinajstić information content (AvgIpc) is 3.48. The van der Waals surface area contributed by atoms with Gasteiger partial charge < -0.3 is 10.6 Å². The lowest BCUT2D eigenvalue weighted by Crippen LogP contribution is -2.53. The molecule has 6 nitrogen and oxygen atoms in total. The fourth-order valence-corrected chi connectivity index (χ4v) is 4.64. The number of rotatable bonds is 8. The van der Waals surface area contributed by atoms with Crippen molar-refractivity contribution in [2.45, 2.75) is 64.3 Å². The van der Waals surface area contributed by atoms with Crippen molar-refractivity contribution < 1.29 is 18.4 Å². The van der Waals surface area contributed by atoms with E-state index in [2.05, 4.69) is 20.5 Å². The molecule has 2 heterocycles. The number of benzene rings is 2. The van der Waals surface area contributed by atoms with E-state index in [1.165, 1.54) is 6.07 Å². The third-order valence-electron chi connectivity index (χ3n) is 6.49. The summed E-state index contributed by atoms with van der Waals surface area (Å²) >= 11 is 0. The van der Waals surface area contributed by atoms with E-state index >= 15 is 0 Å². The second kappa shape index (κ2) is 10.4. The van der Waals surface area contributed by atoms with E-state index in [0.717, 1.165) is 48.2 Å². The summed E-state index contributed by atoms with van der Waals surface area (Å²) < 4.78 is 27.2. The van der Waals surface area contributed by atoms with Gasteiger partial charge in [-0.1, -0.05) is 18.2 Å². The van der Waals surface area contributed by atoms with Gasteiger partial charge in [-0.2, -0.15) is 0 Å². The molecule has 0 spiro atoms. The second-order valence-corrected chi connectivity index (χ2v) is 9.22. The summed E-state index contributed by atoms with van der Waals surface area (Å²) in [5.74, 6) is -2.53. The van der Waals surface area contributed by atoms with Crippen LogP contribution in [0.2, 0.25) is 0 Å². The molecule has 2 aromatic rings. The maximum absolute atomic E-state index is 13.8. The minimum Gasteiger partial charge on any atom is -0.350 e. The summed E-state index contributed by atoms with van der Waals surface area (Å²) in [4.78, 5) is 32.6. The van der Waals surface area contributed by atoms with Crippen LogP contribution in [-0.2, 0) is 29.1 Å². The van der Waals surface area contributed by atoms with E-state index in [1.807, 2.05) is 38.3 Å². The van der Waals surface area contributed by atoms with Crippen LogP contribution in [0, 0.1) is 11.6 Å². The molecule has 34 heavy (non-hydrogen) atoms. The van der Waals surface area contributed by atoms with Gasteiger partial charge in [0, 0.05) is 25.2 Å². The molecule has 2 N–H and O–H groups in total. The number of hydrogen-bond donors (Lipinski definition) is 2. The number of carbonyl (C=O) groups is 2. The van der Waals surface area contributed by atoms with Crippen molar-refractivity contribution in [2.24, 2.45) is 4.99 Å². The molecule has 0 unspecified atom stereocenters. The lowest BCUT2D eigenvalue weighted by atomic mass is 10.0. The Labute approximate surface area is 198 Å². The lowest BCUT2D eigenvalue weighted by molar-refractivity contribution is -0.131. The van der Waals surface area contributed by atoms with Crippen LogP contribution in [-0.4, -0.2) is 47.6 Å². The molecular formula is C26H30F2N4O2. The van der Waals surface area contributed by atoms with Gasteiger partial charge in [0.2, 0.25) is 11.8 Å². The number of hydrogen-bond acceptors (Lipinski definition) is 4. The highest BCUT2D eigenvalue weighted by Crippen LogP contribution is 2.21. The third kappa shape index (κ3) is 5.50. The fourth-order valence-electron chi connectivity index (χ4n) is 4.64. The number of nitrogens with one attached hydrogen (secondary N) is 2. The van der Waals surface area contributed by atoms with Crippen molar-refractivity contribution in [1.82, 2.24) is 15.5 Å². The van der Waals surface area contributed by atoms with E-state index in [9.17, 15) is 18.4 Å². The van der Waals surface area contributed by atoms with Gasteiger partial charge in [-0.25, -0.2) is 8.78 Å². The Balaban J connectivity index is 1.47. The molecule has 2 aliphatic rings. The van der Waals surface area contributed by atoms with E-state index in [4.69, 9.17) is 0 Å². The first-order chi connectivity index (χ1) is 16.3. The standard InChI is InChI=1S/C26H30F2N4O2/c1-16(2)32-9-3-4-24(32)26(34)31-23(12-17-6-8-21(27)22(28)11-17)25(33)30-13-18-5-7-19-14-29-15-20(19)10-18/h5-8,10-11,15-16,23-24H,3-4,9,12-14H2,1-2H3,(H,30,33)(H,31,34)/t23-,24+/m0/s1. The Hall–Kier alpha value is -3.13. The van der Waals surface area contributed by atoms with E-state index in [1.54, 1.807) is 0 Å². The Morgan fingerprint density at radius 1 is 1.12 bits per heavy atom. The van der Waals surface area contributed by atoms with Crippen molar-refractivity contribution in [2.75, 3.05) is 6.54 Å². The van der Waals surface area contributed by atoms with Gasteiger partial charge in [0.25, 0.3) is 0 Å². The van der Waals surface area contributed by atoms with Crippen molar-refractivity contribution in [3.63, 3.8) is 0 Å². The summed E-state index contributed by atoms with van der Waals surface area (Å²) in [6, 6.07) is 8.43. The highest BCUT2D eigenvalue weighted by Gasteiger charge is 2.34. The molecule has 2 aliphatic heterocycles. The number of halogens is 2. The third-order valence-corrected chi connectivity index (χ3v) is 6.49. The quantitative estimate of drug-likeness (QED) is 0.625. The molecule has 0 radical (unpaired) electrons. The zero-order chi connectivity index (χ0) is 24.2. The van der Waals surface area contributed by atoms with Gasteiger partial charge in [0.05, 0.1) is 12.6 Å². The van der Waals surface area contributed by atoms with Crippen molar-refractivity contribution in [3.05, 3.63) is 70.3 Å². The fraction of sp³-hybridized carbons (Fsp3) is 0.423. The number of likely N-dealkylation sites (tertiary alicyclic amines) is 1. The van der Waals surface area contributed by atoms with Crippen LogP contribution in [0.15, 0.2) is 41.4 Å². The topological polar surface area (TPSA) is 73.8 Å². The van der Waals surface area contributed by atoms with Gasteiger partial charge in [0.15, 0.2) is 11.6 Å². The van der Waals surface area contributed by atoms with Gasteiger partial charge in [-0.15, -0.1) is 0 Å². The summed E-state index contributed by atoms with van der Waals surface area (Å²) in [6.45, 7) is 5.86. The van der Waals surface area contributed by atoms with Crippen LogP contribution in [0.4, 0.5) is 8.78 Å². The van der Waals surface area contributed by atoms with Crippen LogP contribution >= 0.6 is 0 Å². The van der Waals surface area contributed by atoms with Crippen molar-refractivity contribution in [1.29, 1.82) is 0 Å². The largest absolute Gasteiger partial charge is 0.350 e. The molecule has 0 bridgehead atoms. The summed E-state index contributed by atoms with van der Waals surface area (Å²) in [5, 5.41) is 5.76. The summed E-state index contributed by atoms with van der Waals surface area (Å²) in [7, 11) is 0. The molecule has 2 aromatic carbocycles. The second-order valence-electron chi connectivity index (χ2n) is 9.22. The van der Waals surface area contributed by atoms with Crippen LogP contribution < -0.4 is 10.6 Å². The summed E-state index contributed by atoms with van der Waals surface area (Å²) in [5.41, 5.74) is 3.53. The highest BCUT2D eigenvalue weighted by atomic mass is 19.2.